The molecule has 0 aliphatic heterocycles. The topological polar surface area (TPSA) is 67.1 Å². The van der Waals surface area contributed by atoms with E-state index in [1.54, 1.807) is 6.33 Å². The van der Waals surface area contributed by atoms with Crippen molar-refractivity contribution >= 4 is 29.9 Å². The van der Waals surface area contributed by atoms with Crippen LogP contribution >= 0.6 is 24.0 Å². The van der Waals surface area contributed by atoms with E-state index in [9.17, 15) is 0 Å². The fourth-order valence-corrected chi connectivity index (χ4v) is 3.43. The highest BCUT2D eigenvalue weighted by molar-refractivity contribution is 14.0. The molecule has 0 saturated heterocycles. The van der Waals surface area contributed by atoms with Gasteiger partial charge in [0.2, 0.25) is 0 Å². The smallest absolute Gasteiger partial charge is 0.191 e. The summed E-state index contributed by atoms with van der Waals surface area (Å²) in [6.07, 6.45) is 10.6. The summed E-state index contributed by atoms with van der Waals surface area (Å²) in [6.45, 7) is 6.08. The predicted molar refractivity (Wildman–Crippen MR) is 110 cm³/mol. The molecule has 1 aromatic rings. The fraction of sp³-hybridized carbons (Fsp3) is 0.824. The maximum atomic E-state index is 4.35. The third-order valence-electron chi connectivity index (χ3n) is 4.77. The van der Waals surface area contributed by atoms with E-state index in [4.69, 9.17) is 0 Å². The van der Waals surface area contributed by atoms with Gasteiger partial charge in [-0.25, -0.2) is 0 Å². The molecule has 24 heavy (non-hydrogen) atoms. The predicted octanol–water partition coefficient (Wildman–Crippen LogP) is 2.98. The number of nitrogens with one attached hydrogen (secondary N) is 2. The molecule has 0 radical (unpaired) electrons. The molecule has 1 aliphatic carbocycles. The Bertz CT molecular complexity index is 479. The van der Waals surface area contributed by atoms with Crippen molar-refractivity contribution in [3.8, 4) is 0 Å². The molecule has 0 unspecified atom stereocenters. The van der Waals surface area contributed by atoms with Crippen LogP contribution in [0.2, 0.25) is 0 Å². The van der Waals surface area contributed by atoms with Crippen molar-refractivity contribution in [3.63, 3.8) is 0 Å². The molecule has 2 rings (SSSR count). The van der Waals surface area contributed by atoms with Crippen molar-refractivity contribution in [2.24, 2.45) is 10.9 Å². The van der Waals surface area contributed by atoms with Crippen LogP contribution in [0, 0.1) is 5.92 Å². The van der Waals surface area contributed by atoms with Crippen LogP contribution in [-0.2, 0) is 13.0 Å². The first-order valence-electron chi connectivity index (χ1n) is 9.10. The van der Waals surface area contributed by atoms with Gasteiger partial charge in [-0.15, -0.1) is 34.2 Å². The maximum absolute atomic E-state index is 4.35. The number of hydrogen-bond acceptors (Lipinski definition) is 3. The van der Waals surface area contributed by atoms with Crippen LogP contribution in [0.3, 0.4) is 0 Å². The number of aliphatic imine (C=N–C) groups is 1. The first-order valence-corrected chi connectivity index (χ1v) is 9.10. The third kappa shape index (κ3) is 6.57. The Hall–Kier alpha value is -0.860. The monoisotopic (exact) mass is 448 g/mol. The summed E-state index contributed by atoms with van der Waals surface area (Å²) in [5.74, 6) is 2.88. The number of hydrogen-bond donors (Lipinski definition) is 2. The Morgan fingerprint density at radius 1 is 1.29 bits per heavy atom. The van der Waals surface area contributed by atoms with E-state index < -0.39 is 0 Å². The van der Waals surface area contributed by atoms with E-state index in [0.29, 0.717) is 6.04 Å². The van der Waals surface area contributed by atoms with Crippen molar-refractivity contribution in [3.05, 3.63) is 12.2 Å². The highest BCUT2D eigenvalue weighted by Crippen LogP contribution is 2.27. The first-order chi connectivity index (χ1) is 11.3. The minimum absolute atomic E-state index is 0. The molecular weight excluding hydrogens is 415 g/mol. The van der Waals surface area contributed by atoms with E-state index in [1.165, 1.54) is 38.5 Å². The number of aryl methyl sites for hydroxylation is 1. The molecule has 1 fully saturated rings. The van der Waals surface area contributed by atoms with Gasteiger partial charge in [-0.05, 0) is 31.6 Å². The number of rotatable bonds is 7. The summed E-state index contributed by atoms with van der Waals surface area (Å²) >= 11 is 0. The Labute approximate surface area is 163 Å². The van der Waals surface area contributed by atoms with Crippen molar-refractivity contribution in [1.82, 2.24) is 25.4 Å². The minimum atomic E-state index is 0. The highest BCUT2D eigenvalue weighted by Gasteiger charge is 2.21. The number of aromatic nitrogens is 3. The van der Waals surface area contributed by atoms with Gasteiger partial charge in [-0.1, -0.05) is 26.7 Å². The van der Waals surface area contributed by atoms with Gasteiger partial charge in [0, 0.05) is 32.6 Å². The molecule has 0 aromatic carbocycles. The lowest BCUT2D eigenvalue weighted by Gasteiger charge is -2.30. The van der Waals surface area contributed by atoms with Gasteiger partial charge >= 0.3 is 0 Å². The normalized spacial score (nSPS) is 21.2. The van der Waals surface area contributed by atoms with Gasteiger partial charge in [0.15, 0.2) is 5.96 Å². The van der Waals surface area contributed by atoms with Crippen LogP contribution < -0.4 is 10.6 Å². The molecule has 2 N–H and O–H groups in total. The molecule has 1 saturated carbocycles. The van der Waals surface area contributed by atoms with E-state index in [0.717, 1.165) is 37.2 Å². The average Bonchev–Trinajstić information content (AvgIpc) is 3.03. The zero-order valence-electron chi connectivity index (χ0n) is 15.3. The number of nitrogens with zero attached hydrogens (tertiary/aromatic N) is 4. The average molecular weight is 448 g/mol. The van der Waals surface area contributed by atoms with Crippen LogP contribution in [0.15, 0.2) is 11.3 Å². The van der Waals surface area contributed by atoms with Crippen LogP contribution in [0.4, 0.5) is 0 Å². The van der Waals surface area contributed by atoms with Gasteiger partial charge in [-0.2, -0.15) is 0 Å². The van der Waals surface area contributed by atoms with E-state index in [-0.39, 0.29) is 24.0 Å². The number of halogens is 1. The molecule has 0 amide bonds. The largest absolute Gasteiger partial charge is 0.355 e. The Balaban J connectivity index is 0.00000288. The Morgan fingerprint density at radius 2 is 2.04 bits per heavy atom. The lowest BCUT2D eigenvalue weighted by Crippen LogP contribution is -2.45. The molecule has 0 atom stereocenters. The van der Waals surface area contributed by atoms with Crippen molar-refractivity contribution in [2.75, 3.05) is 13.6 Å². The van der Waals surface area contributed by atoms with Crippen LogP contribution in [0.1, 0.15) is 58.2 Å². The van der Waals surface area contributed by atoms with Gasteiger partial charge in [0.05, 0.1) is 0 Å². The molecular formula is C17H33IN6. The van der Waals surface area contributed by atoms with E-state index >= 15 is 0 Å². The SMILES string of the molecule is CCCC1CCC(NC(=NC)NCCn2cnnc2CC)CC1.I. The summed E-state index contributed by atoms with van der Waals surface area (Å²) < 4.78 is 2.09. The minimum Gasteiger partial charge on any atom is -0.355 e. The highest BCUT2D eigenvalue weighted by atomic mass is 127. The van der Waals surface area contributed by atoms with Crippen LogP contribution in [0.5, 0.6) is 0 Å². The second-order valence-electron chi connectivity index (χ2n) is 6.44. The molecule has 1 aromatic heterocycles. The van der Waals surface area contributed by atoms with Crippen LogP contribution in [0.25, 0.3) is 0 Å². The quantitative estimate of drug-likeness (QED) is 0.383. The summed E-state index contributed by atoms with van der Waals surface area (Å²) in [6, 6.07) is 0.565. The van der Waals surface area contributed by atoms with E-state index in [1.807, 2.05) is 7.05 Å². The second-order valence-corrected chi connectivity index (χ2v) is 6.44. The standard InChI is InChI=1S/C17H32N6.HI/c1-4-6-14-7-9-15(10-8-14)21-17(18-3)19-11-12-23-13-20-22-16(23)5-2;/h13-15H,4-12H2,1-3H3,(H2,18,19,21);1H. The molecule has 7 heteroatoms. The van der Waals surface area contributed by atoms with Crippen LogP contribution in [-0.4, -0.2) is 40.4 Å². The maximum Gasteiger partial charge on any atom is 0.191 e. The van der Waals surface area contributed by atoms with Crippen molar-refractivity contribution < 1.29 is 0 Å². The Kier molecular flexibility index (Phi) is 10.3. The molecule has 0 spiro atoms. The summed E-state index contributed by atoms with van der Waals surface area (Å²) in [5.41, 5.74) is 0. The summed E-state index contributed by atoms with van der Waals surface area (Å²) in [7, 11) is 1.84. The third-order valence-corrected chi connectivity index (χ3v) is 4.77. The molecule has 138 valence electrons. The lowest BCUT2D eigenvalue weighted by molar-refractivity contribution is 0.295. The van der Waals surface area contributed by atoms with Gasteiger partial charge in [-0.3, -0.25) is 4.99 Å². The zero-order chi connectivity index (χ0) is 16.5. The van der Waals surface area contributed by atoms with Gasteiger partial charge in [0.1, 0.15) is 12.2 Å². The molecule has 0 bridgehead atoms. The molecule has 1 aliphatic rings. The molecule has 1 heterocycles. The van der Waals surface area contributed by atoms with Crippen molar-refractivity contribution in [1.29, 1.82) is 0 Å². The Morgan fingerprint density at radius 3 is 2.67 bits per heavy atom. The fourth-order valence-electron chi connectivity index (χ4n) is 3.43. The first kappa shape index (κ1) is 21.2. The summed E-state index contributed by atoms with van der Waals surface area (Å²) in [4.78, 5) is 4.35. The second kappa shape index (κ2) is 11.7. The van der Waals surface area contributed by atoms with Crippen molar-refractivity contribution in [2.45, 2.75) is 71.4 Å². The van der Waals surface area contributed by atoms with E-state index in [2.05, 4.69) is 44.2 Å². The lowest BCUT2D eigenvalue weighted by atomic mass is 9.83. The zero-order valence-corrected chi connectivity index (χ0v) is 17.6. The summed E-state index contributed by atoms with van der Waals surface area (Å²) in [5, 5.41) is 15.1. The number of guanidine groups is 1. The van der Waals surface area contributed by atoms with Gasteiger partial charge in [0.25, 0.3) is 0 Å². The van der Waals surface area contributed by atoms with Gasteiger partial charge < -0.3 is 15.2 Å². The molecule has 6 nitrogen and oxygen atoms in total.